The summed E-state index contributed by atoms with van der Waals surface area (Å²) in [5.74, 6) is 1.40. The molecule has 1 saturated carbocycles. The van der Waals surface area contributed by atoms with E-state index in [1.54, 1.807) is 0 Å². The highest BCUT2D eigenvalue weighted by molar-refractivity contribution is 5.31. The van der Waals surface area contributed by atoms with Gasteiger partial charge >= 0.3 is 0 Å². The fraction of sp³-hybridized carbons (Fsp3) is 0.556. The SMILES string of the molecule is Cc1nc(C2CCC2)c(C#N)[nH]1. The first-order valence-corrected chi connectivity index (χ1v) is 4.28. The Kier molecular flexibility index (Phi) is 1.61. The molecular formula is C9H11N3. The van der Waals surface area contributed by atoms with Crippen LogP contribution in [0.5, 0.6) is 0 Å². The van der Waals surface area contributed by atoms with Crippen molar-refractivity contribution in [2.45, 2.75) is 32.1 Å². The molecule has 0 atom stereocenters. The Morgan fingerprint density at radius 2 is 2.33 bits per heavy atom. The Morgan fingerprint density at radius 1 is 1.58 bits per heavy atom. The number of aryl methyl sites for hydroxylation is 1. The third-order valence-electron chi connectivity index (χ3n) is 2.45. The van der Waals surface area contributed by atoms with E-state index in [4.69, 9.17) is 5.26 Å². The Balaban J connectivity index is 2.35. The summed E-state index contributed by atoms with van der Waals surface area (Å²) in [4.78, 5) is 7.30. The number of nitrogens with one attached hydrogen (secondary N) is 1. The molecule has 0 unspecified atom stereocenters. The van der Waals surface area contributed by atoms with Crippen LogP contribution >= 0.6 is 0 Å². The number of aromatic amines is 1. The van der Waals surface area contributed by atoms with E-state index in [-0.39, 0.29) is 0 Å². The molecule has 0 amide bonds. The Hall–Kier alpha value is -1.30. The molecule has 1 aromatic heterocycles. The lowest BCUT2D eigenvalue weighted by Gasteiger charge is -2.23. The first-order chi connectivity index (χ1) is 5.81. The number of hydrogen-bond acceptors (Lipinski definition) is 2. The molecule has 0 radical (unpaired) electrons. The van der Waals surface area contributed by atoms with Crippen LogP contribution in [0.25, 0.3) is 0 Å². The predicted molar refractivity (Wildman–Crippen MR) is 44.6 cm³/mol. The molecule has 0 bridgehead atoms. The van der Waals surface area contributed by atoms with Crippen LogP contribution in [0.1, 0.15) is 42.4 Å². The van der Waals surface area contributed by atoms with Crippen molar-refractivity contribution in [3.05, 3.63) is 17.2 Å². The van der Waals surface area contributed by atoms with Crippen molar-refractivity contribution < 1.29 is 0 Å². The van der Waals surface area contributed by atoms with Gasteiger partial charge in [0.2, 0.25) is 0 Å². The second kappa shape index (κ2) is 2.63. The highest BCUT2D eigenvalue weighted by atomic mass is 14.9. The van der Waals surface area contributed by atoms with E-state index < -0.39 is 0 Å². The standard InChI is InChI=1S/C9H11N3/c1-6-11-8(5-10)9(12-6)7-3-2-4-7/h7H,2-4H2,1H3,(H,11,12). The van der Waals surface area contributed by atoms with Gasteiger partial charge in [-0.05, 0) is 19.8 Å². The van der Waals surface area contributed by atoms with Crippen molar-refractivity contribution in [1.29, 1.82) is 5.26 Å². The molecule has 3 heteroatoms. The minimum absolute atomic E-state index is 0.546. The van der Waals surface area contributed by atoms with Gasteiger partial charge in [0.25, 0.3) is 0 Å². The Morgan fingerprint density at radius 3 is 2.83 bits per heavy atom. The van der Waals surface area contributed by atoms with Crippen LogP contribution in [0.2, 0.25) is 0 Å². The molecule has 1 fully saturated rings. The summed E-state index contributed by atoms with van der Waals surface area (Å²) in [5.41, 5.74) is 1.65. The van der Waals surface area contributed by atoms with Crippen molar-refractivity contribution in [1.82, 2.24) is 9.97 Å². The molecule has 0 spiro atoms. The van der Waals surface area contributed by atoms with E-state index in [0.29, 0.717) is 11.6 Å². The van der Waals surface area contributed by atoms with Crippen LogP contribution in [0, 0.1) is 18.3 Å². The van der Waals surface area contributed by atoms with Gasteiger partial charge in [-0.25, -0.2) is 4.98 Å². The third-order valence-corrected chi connectivity index (χ3v) is 2.45. The van der Waals surface area contributed by atoms with E-state index >= 15 is 0 Å². The Labute approximate surface area is 71.4 Å². The number of hydrogen-bond donors (Lipinski definition) is 1. The maximum Gasteiger partial charge on any atom is 0.141 e. The molecule has 2 rings (SSSR count). The number of H-pyrrole nitrogens is 1. The molecule has 12 heavy (non-hydrogen) atoms. The van der Waals surface area contributed by atoms with Gasteiger partial charge in [0.05, 0.1) is 5.69 Å². The monoisotopic (exact) mass is 161 g/mol. The highest BCUT2D eigenvalue weighted by Crippen LogP contribution is 2.36. The molecule has 0 aliphatic heterocycles. The third kappa shape index (κ3) is 1.00. The van der Waals surface area contributed by atoms with Crippen molar-refractivity contribution in [3.63, 3.8) is 0 Å². The summed E-state index contributed by atoms with van der Waals surface area (Å²) in [6.45, 7) is 1.89. The summed E-state index contributed by atoms with van der Waals surface area (Å²) in [5, 5.41) is 8.78. The molecule has 1 N–H and O–H groups in total. The van der Waals surface area contributed by atoms with Gasteiger partial charge in [-0.2, -0.15) is 5.26 Å². The first kappa shape index (κ1) is 7.35. The highest BCUT2D eigenvalue weighted by Gasteiger charge is 2.24. The van der Waals surface area contributed by atoms with Gasteiger partial charge in [0, 0.05) is 5.92 Å². The predicted octanol–water partition coefficient (Wildman–Crippen LogP) is 1.86. The molecular weight excluding hydrogens is 150 g/mol. The molecule has 1 aliphatic rings. The van der Waals surface area contributed by atoms with Crippen LogP contribution in [0.3, 0.4) is 0 Å². The zero-order valence-electron chi connectivity index (χ0n) is 7.09. The van der Waals surface area contributed by atoms with Gasteiger partial charge in [-0.15, -0.1) is 0 Å². The summed E-state index contributed by atoms with van der Waals surface area (Å²) in [7, 11) is 0. The van der Waals surface area contributed by atoms with Crippen LogP contribution in [-0.4, -0.2) is 9.97 Å². The van der Waals surface area contributed by atoms with E-state index in [2.05, 4.69) is 16.0 Å². The first-order valence-electron chi connectivity index (χ1n) is 4.28. The van der Waals surface area contributed by atoms with E-state index in [9.17, 15) is 0 Å². The van der Waals surface area contributed by atoms with Crippen LogP contribution in [-0.2, 0) is 0 Å². The van der Waals surface area contributed by atoms with Crippen LogP contribution in [0.4, 0.5) is 0 Å². The summed E-state index contributed by atoms with van der Waals surface area (Å²) >= 11 is 0. The molecule has 62 valence electrons. The fourth-order valence-electron chi connectivity index (χ4n) is 1.57. The van der Waals surface area contributed by atoms with Gasteiger partial charge < -0.3 is 4.98 Å². The second-order valence-electron chi connectivity index (χ2n) is 3.32. The molecule has 0 saturated heterocycles. The van der Waals surface area contributed by atoms with E-state index in [0.717, 1.165) is 11.5 Å². The molecule has 1 heterocycles. The van der Waals surface area contributed by atoms with Gasteiger partial charge in [-0.1, -0.05) is 6.42 Å². The number of rotatable bonds is 1. The smallest absolute Gasteiger partial charge is 0.141 e. The lowest BCUT2D eigenvalue weighted by atomic mass is 9.82. The van der Waals surface area contributed by atoms with Crippen molar-refractivity contribution in [3.8, 4) is 6.07 Å². The summed E-state index contributed by atoms with van der Waals surface area (Å²) in [6, 6.07) is 2.15. The zero-order chi connectivity index (χ0) is 8.55. The average molecular weight is 161 g/mol. The minimum Gasteiger partial charge on any atom is -0.334 e. The zero-order valence-corrected chi connectivity index (χ0v) is 7.09. The van der Waals surface area contributed by atoms with Gasteiger partial charge in [0.15, 0.2) is 0 Å². The lowest BCUT2D eigenvalue weighted by molar-refractivity contribution is 0.411. The number of imidazole rings is 1. The van der Waals surface area contributed by atoms with E-state index in [1.165, 1.54) is 19.3 Å². The second-order valence-corrected chi connectivity index (χ2v) is 3.32. The lowest BCUT2D eigenvalue weighted by Crippen LogP contribution is -2.10. The fourth-order valence-corrected chi connectivity index (χ4v) is 1.57. The van der Waals surface area contributed by atoms with Gasteiger partial charge in [0.1, 0.15) is 17.6 Å². The maximum absolute atomic E-state index is 8.78. The number of nitriles is 1. The van der Waals surface area contributed by atoms with Crippen molar-refractivity contribution in [2.75, 3.05) is 0 Å². The largest absolute Gasteiger partial charge is 0.334 e. The topological polar surface area (TPSA) is 52.5 Å². The Bertz CT molecular complexity index is 328. The molecule has 1 aromatic rings. The van der Waals surface area contributed by atoms with Gasteiger partial charge in [-0.3, -0.25) is 0 Å². The van der Waals surface area contributed by atoms with E-state index in [1.807, 2.05) is 6.92 Å². The number of nitrogens with zero attached hydrogens (tertiary/aromatic N) is 2. The van der Waals surface area contributed by atoms with Crippen molar-refractivity contribution in [2.24, 2.45) is 0 Å². The van der Waals surface area contributed by atoms with Crippen molar-refractivity contribution >= 4 is 0 Å². The van der Waals surface area contributed by atoms with Crippen LogP contribution in [0.15, 0.2) is 0 Å². The maximum atomic E-state index is 8.78. The molecule has 0 aromatic carbocycles. The minimum atomic E-state index is 0.546. The average Bonchev–Trinajstić information content (AvgIpc) is 2.27. The number of aromatic nitrogens is 2. The molecule has 1 aliphatic carbocycles. The summed E-state index contributed by atoms with van der Waals surface area (Å²) in [6.07, 6.45) is 3.67. The van der Waals surface area contributed by atoms with Crippen LogP contribution < -0.4 is 0 Å². The normalized spacial score (nSPS) is 17.0. The molecule has 3 nitrogen and oxygen atoms in total. The summed E-state index contributed by atoms with van der Waals surface area (Å²) < 4.78 is 0. The quantitative estimate of drug-likeness (QED) is 0.683.